The van der Waals surface area contributed by atoms with Gasteiger partial charge in [0.15, 0.2) is 5.16 Å². The molecule has 1 heterocycles. The van der Waals surface area contributed by atoms with Crippen molar-refractivity contribution < 1.29 is 4.79 Å². The minimum absolute atomic E-state index is 0.0668. The van der Waals surface area contributed by atoms with Gasteiger partial charge in [0.25, 0.3) is 11.5 Å². The molecule has 0 aliphatic rings. The Hall–Kier alpha value is -3.97. The molecule has 1 amide bonds. The van der Waals surface area contributed by atoms with Crippen LogP contribution in [0.15, 0.2) is 106 Å². The lowest BCUT2D eigenvalue weighted by Gasteiger charge is -2.12. The summed E-state index contributed by atoms with van der Waals surface area (Å²) < 4.78 is 1.53. The van der Waals surface area contributed by atoms with Crippen LogP contribution in [0.2, 0.25) is 0 Å². The molecule has 0 unspecified atom stereocenters. The molecule has 0 bridgehead atoms. The average Bonchev–Trinajstić information content (AvgIpc) is 2.84. The van der Waals surface area contributed by atoms with E-state index in [9.17, 15) is 9.59 Å². The fraction of sp³-hybridized carbons (Fsp3) is 0.0400. The van der Waals surface area contributed by atoms with Gasteiger partial charge in [-0.15, -0.1) is 0 Å². The van der Waals surface area contributed by atoms with Gasteiger partial charge >= 0.3 is 0 Å². The molecular weight excluding hydrogens is 420 g/mol. The predicted octanol–water partition coefficient (Wildman–Crippen LogP) is 4.29. The summed E-state index contributed by atoms with van der Waals surface area (Å²) in [6.45, 7) is 0. The van der Waals surface area contributed by atoms with Gasteiger partial charge in [-0.05, 0) is 35.9 Å². The number of allylic oxidation sites excluding steroid dienone is 1. The Bertz CT molecular complexity index is 1330. The SMILES string of the molecule is O=C(CSc1nc2ccccc2c(=O)n1-c1ccccc1)N/N=C/C=C/c1ccccc1. The summed E-state index contributed by atoms with van der Waals surface area (Å²) in [7, 11) is 0. The lowest BCUT2D eigenvalue weighted by atomic mass is 10.2. The van der Waals surface area contributed by atoms with E-state index in [1.54, 1.807) is 18.2 Å². The van der Waals surface area contributed by atoms with Gasteiger partial charge in [0, 0.05) is 6.21 Å². The molecule has 7 heteroatoms. The molecule has 0 saturated heterocycles. The Balaban J connectivity index is 1.48. The van der Waals surface area contributed by atoms with Crippen molar-refractivity contribution in [1.82, 2.24) is 15.0 Å². The molecule has 0 radical (unpaired) electrons. The molecule has 0 atom stereocenters. The van der Waals surface area contributed by atoms with E-state index in [-0.39, 0.29) is 17.2 Å². The zero-order valence-corrected chi connectivity index (χ0v) is 17.9. The Morgan fingerprint density at radius 3 is 2.44 bits per heavy atom. The number of hydrogen-bond acceptors (Lipinski definition) is 5. The summed E-state index contributed by atoms with van der Waals surface area (Å²) in [4.78, 5) is 30.0. The van der Waals surface area contributed by atoms with E-state index in [1.165, 1.54) is 22.5 Å². The highest BCUT2D eigenvalue weighted by Crippen LogP contribution is 2.21. The fourth-order valence-electron chi connectivity index (χ4n) is 3.05. The van der Waals surface area contributed by atoms with E-state index in [4.69, 9.17) is 0 Å². The first-order valence-corrected chi connectivity index (χ1v) is 10.9. The number of para-hydroxylation sites is 2. The van der Waals surface area contributed by atoms with Crippen molar-refractivity contribution in [3.63, 3.8) is 0 Å². The Morgan fingerprint density at radius 2 is 1.66 bits per heavy atom. The van der Waals surface area contributed by atoms with Crippen LogP contribution in [-0.4, -0.2) is 27.4 Å². The van der Waals surface area contributed by atoms with Crippen molar-refractivity contribution in [1.29, 1.82) is 0 Å². The fourth-order valence-corrected chi connectivity index (χ4v) is 3.85. The van der Waals surface area contributed by atoms with Crippen LogP contribution in [0.3, 0.4) is 0 Å². The van der Waals surface area contributed by atoms with Gasteiger partial charge in [-0.1, -0.05) is 78.5 Å². The van der Waals surface area contributed by atoms with Gasteiger partial charge in [-0.25, -0.2) is 10.4 Å². The zero-order valence-electron chi connectivity index (χ0n) is 17.1. The topological polar surface area (TPSA) is 76.3 Å². The van der Waals surface area contributed by atoms with E-state index in [2.05, 4.69) is 15.5 Å². The molecule has 32 heavy (non-hydrogen) atoms. The largest absolute Gasteiger partial charge is 0.272 e. The van der Waals surface area contributed by atoms with E-state index >= 15 is 0 Å². The Labute approximate surface area is 189 Å². The van der Waals surface area contributed by atoms with Gasteiger partial charge in [0.1, 0.15) is 0 Å². The number of thioether (sulfide) groups is 1. The highest BCUT2D eigenvalue weighted by Gasteiger charge is 2.14. The minimum atomic E-state index is -0.290. The number of fused-ring (bicyclic) bond motifs is 1. The summed E-state index contributed by atoms with van der Waals surface area (Å²) in [6.07, 6.45) is 5.16. The lowest BCUT2D eigenvalue weighted by Crippen LogP contribution is -2.24. The first kappa shape index (κ1) is 21.3. The quantitative estimate of drug-likeness (QED) is 0.201. The zero-order chi connectivity index (χ0) is 22.2. The molecule has 0 saturated carbocycles. The van der Waals surface area contributed by atoms with Crippen LogP contribution in [0.4, 0.5) is 0 Å². The number of amides is 1. The van der Waals surface area contributed by atoms with Gasteiger partial charge in [-0.3, -0.25) is 14.2 Å². The van der Waals surface area contributed by atoms with Crippen molar-refractivity contribution in [2.45, 2.75) is 5.16 Å². The molecule has 4 rings (SSSR count). The summed E-state index contributed by atoms with van der Waals surface area (Å²) in [5, 5.41) is 4.91. The normalized spacial score (nSPS) is 11.4. The molecule has 0 fully saturated rings. The maximum absolute atomic E-state index is 13.1. The number of hydrazone groups is 1. The summed E-state index contributed by atoms with van der Waals surface area (Å²) in [5.74, 6) is -0.224. The molecule has 1 aromatic heterocycles. The number of hydrogen-bond donors (Lipinski definition) is 1. The highest BCUT2D eigenvalue weighted by molar-refractivity contribution is 7.99. The molecule has 158 valence electrons. The molecule has 1 N–H and O–H groups in total. The van der Waals surface area contributed by atoms with E-state index in [0.29, 0.717) is 21.7 Å². The highest BCUT2D eigenvalue weighted by atomic mass is 32.2. The number of nitrogens with zero attached hydrogens (tertiary/aromatic N) is 3. The van der Waals surface area contributed by atoms with Gasteiger partial charge in [-0.2, -0.15) is 5.10 Å². The molecule has 3 aromatic carbocycles. The number of rotatable bonds is 7. The lowest BCUT2D eigenvalue weighted by molar-refractivity contribution is -0.118. The number of nitrogens with one attached hydrogen (secondary N) is 1. The van der Waals surface area contributed by atoms with Crippen molar-refractivity contribution in [3.8, 4) is 5.69 Å². The maximum Gasteiger partial charge on any atom is 0.266 e. The predicted molar refractivity (Wildman–Crippen MR) is 130 cm³/mol. The number of benzene rings is 3. The third-order valence-corrected chi connectivity index (χ3v) is 5.47. The van der Waals surface area contributed by atoms with Gasteiger partial charge in [0.05, 0.1) is 22.3 Å². The van der Waals surface area contributed by atoms with Crippen LogP contribution in [0.5, 0.6) is 0 Å². The molecule has 0 spiro atoms. The van der Waals surface area contributed by atoms with E-state index < -0.39 is 0 Å². The Kier molecular flexibility index (Phi) is 6.89. The minimum Gasteiger partial charge on any atom is -0.272 e. The van der Waals surface area contributed by atoms with Gasteiger partial charge in [0.2, 0.25) is 0 Å². The number of carbonyl (C=O) groups excluding carboxylic acids is 1. The standard InChI is InChI=1S/C25H20N4O2S/c30-23(28-26-17-9-12-19-10-3-1-4-11-19)18-32-25-27-22-16-8-7-15-21(22)24(31)29(25)20-13-5-2-6-14-20/h1-17H,18H2,(H,28,30)/b12-9+,26-17+. The molecule has 0 aliphatic carbocycles. The third-order valence-electron chi connectivity index (χ3n) is 4.53. The van der Waals surface area contributed by atoms with Crippen molar-refractivity contribution in [2.24, 2.45) is 5.10 Å². The average molecular weight is 441 g/mol. The second kappa shape index (κ2) is 10.4. The van der Waals surface area contributed by atoms with Crippen molar-refractivity contribution in [3.05, 3.63) is 107 Å². The van der Waals surface area contributed by atoms with Gasteiger partial charge < -0.3 is 0 Å². The first-order chi connectivity index (χ1) is 15.7. The van der Waals surface area contributed by atoms with E-state index in [1.807, 2.05) is 78.9 Å². The first-order valence-electron chi connectivity index (χ1n) is 9.96. The summed E-state index contributed by atoms with van der Waals surface area (Å²) in [5.41, 5.74) is 4.66. The van der Waals surface area contributed by atoms with E-state index in [0.717, 1.165) is 5.56 Å². The molecule has 6 nitrogen and oxygen atoms in total. The molecule has 4 aromatic rings. The van der Waals surface area contributed by atoms with Crippen LogP contribution in [0.1, 0.15) is 5.56 Å². The van der Waals surface area contributed by atoms with Crippen molar-refractivity contribution in [2.75, 3.05) is 5.75 Å². The van der Waals surface area contributed by atoms with Crippen LogP contribution in [0.25, 0.3) is 22.7 Å². The van der Waals surface area contributed by atoms with Crippen LogP contribution < -0.4 is 11.0 Å². The third kappa shape index (κ3) is 5.19. The van der Waals surface area contributed by atoms with Crippen LogP contribution in [-0.2, 0) is 4.79 Å². The monoisotopic (exact) mass is 440 g/mol. The van der Waals surface area contributed by atoms with Crippen molar-refractivity contribution >= 4 is 40.9 Å². The number of aromatic nitrogens is 2. The Morgan fingerprint density at radius 1 is 0.969 bits per heavy atom. The second-order valence-electron chi connectivity index (χ2n) is 6.76. The summed E-state index contributed by atoms with van der Waals surface area (Å²) in [6, 6.07) is 26.3. The smallest absolute Gasteiger partial charge is 0.266 e. The molecular formula is C25H20N4O2S. The van der Waals surface area contributed by atoms with Crippen LogP contribution in [0, 0.1) is 0 Å². The molecule has 0 aliphatic heterocycles. The van der Waals surface area contributed by atoms with Crippen LogP contribution >= 0.6 is 11.8 Å². The summed E-state index contributed by atoms with van der Waals surface area (Å²) >= 11 is 1.19. The second-order valence-corrected chi connectivity index (χ2v) is 7.70. The number of carbonyl (C=O) groups is 1. The maximum atomic E-state index is 13.1.